The van der Waals surface area contributed by atoms with Crippen LogP contribution in [0.3, 0.4) is 0 Å². The number of halogens is 2. The maximum Gasteiger partial charge on any atom is 0.306 e. The molecule has 10 heteroatoms. The fourth-order valence-electron chi connectivity index (χ4n) is 6.83. The summed E-state index contributed by atoms with van der Waals surface area (Å²) in [6.07, 6.45) is 4.03. The van der Waals surface area contributed by atoms with Crippen LogP contribution in [-0.2, 0) is 36.8 Å². The number of hydrogen-bond acceptors (Lipinski definition) is 6. The zero-order valence-electron chi connectivity index (χ0n) is 27.3. The molecule has 2 heterocycles. The SMILES string of the molecule is CCN(CC)C(=O)COC(=O)CC[C@H](C(=O)CCc1ccc(Cl)c(Cl)c1)N1CCC(CCc2ccccc2)N2C[C@H](C)C[C@H]2C1=O. The highest BCUT2D eigenvalue weighted by molar-refractivity contribution is 6.42. The molecule has 2 aromatic rings. The highest BCUT2D eigenvalue weighted by Crippen LogP contribution is 2.33. The van der Waals surface area contributed by atoms with E-state index >= 15 is 0 Å². The molecule has 2 saturated heterocycles. The van der Waals surface area contributed by atoms with E-state index in [1.54, 1.807) is 21.9 Å². The summed E-state index contributed by atoms with van der Waals surface area (Å²) in [5.41, 5.74) is 2.14. The van der Waals surface area contributed by atoms with Gasteiger partial charge in [-0.15, -0.1) is 0 Å². The number of benzene rings is 2. The molecule has 250 valence electrons. The Morgan fingerprint density at radius 3 is 2.41 bits per heavy atom. The van der Waals surface area contributed by atoms with Crippen LogP contribution in [0.2, 0.25) is 10.0 Å². The molecule has 1 unspecified atom stereocenters. The van der Waals surface area contributed by atoms with Gasteiger partial charge in [0.05, 0.1) is 22.1 Å². The van der Waals surface area contributed by atoms with Crippen LogP contribution in [0.4, 0.5) is 0 Å². The number of rotatable bonds is 15. The maximum absolute atomic E-state index is 14.2. The van der Waals surface area contributed by atoms with Crippen molar-refractivity contribution in [3.63, 3.8) is 0 Å². The van der Waals surface area contributed by atoms with Crippen molar-refractivity contribution >= 4 is 46.8 Å². The number of ether oxygens (including phenoxy) is 1. The monoisotopic (exact) mass is 671 g/mol. The summed E-state index contributed by atoms with van der Waals surface area (Å²) < 4.78 is 5.31. The van der Waals surface area contributed by atoms with E-state index in [0.717, 1.165) is 37.8 Å². The number of esters is 1. The summed E-state index contributed by atoms with van der Waals surface area (Å²) in [7, 11) is 0. The van der Waals surface area contributed by atoms with Crippen molar-refractivity contribution in [3.8, 4) is 0 Å². The molecule has 0 N–H and O–H groups in total. The average Bonchev–Trinajstić information content (AvgIpc) is 3.40. The molecule has 2 fully saturated rings. The van der Waals surface area contributed by atoms with Gasteiger partial charge in [0.25, 0.3) is 5.91 Å². The molecule has 2 amide bonds. The van der Waals surface area contributed by atoms with Crippen molar-refractivity contribution in [3.05, 3.63) is 69.7 Å². The zero-order chi connectivity index (χ0) is 33.2. The standard InChI is InChI=1S/C36H47Cl2N3O5/c1-4-39(5-2)34(43)24-46-35(44)18-16-31(33(42)17-13-27-12-15-29(37)30(38)22-27)40-20-19-28(14-11-26-9-7-6-8-10-26)41-23-25(3)21-32(41)36(40)45/h6-10,12,15,22,25,28,31-32H,4-5,11,13-14,16-21,23-24H2,1-3H3/t25-,28?,31-,32+/m1/s1. The van der Waals surface area contributed by atoms with Crippen LogP contribution in [0.25, 0.3) is 0 Å². The van der Waals surface area contributed by atoms with Crippen molar-refractivity contribution in [2.75, 3.05) is 32.8 Å². The molecule has 2 aliphatic heterocycles. The lowest BCUT2D eigenvalue weighted by Crippen LogP contribution is -2.50. The number of carbonyl (C=O) groups excluding carboxylic acids is 4. The summed E-state index contributed by atoms with van der Waals surface area (Å²) in [6.45, 7) is 7.94. The lowest BCUT2D eigenvalue weighted by atomic mass is 9.97. The van der Waals surface area contributed by atoms with E-state index in [1.165, 1.54) is 5.56 Å². The van der Waals surface area contributed by atoms with Crippen molar-refractivity contribution < 1.29 is 23.9 Å². The van der Waals surface area contributed by atoms with Gasteiger partial charge in [0.15, 0.2) is 12.4 Å². The van der Waals surface area contributed by atoms with E-state index in [9.17, 15) is 19.2 Å². The Balaban J connectivity index is 1.50. The third-order valence-electron chi connectivity index (χ3n) is 9.38. The van der Waals surface area contributed by atoms with Crippen molar-refractivity contribution in [2.45, 2.75) is 90.3 Å². The first-order valence-corrected chi connectivity index (χ1v) is 17.4. The van der Waals surface area contributed by atoms with Crippen LogP contribution in [0, 0.1) is 5.92 Å². The molecule has 8 nitrogen and oxygen atoms in total. The first kappa shape index (κ1) is 35.9. The van der Waals surface area contributed by atoms with Crippen LogP contribution >= 0.6 is 23.2 Å². The fraction of sp³-hybridized carbons (Fsp3) is 0.556. The predicted molar refractivity (Wildman–Crippen MR) is 181 cm³/mol. The molecule has 46 heavy (non-hydrogen) atoms. The van der Waals surface area contributed by atoms with E-state index < -0.39 is 12.0 Å². The molecule has 4 atom stereocenters. The Bertz CT molecular complexity index is 1350. The maximum atomic E-state index is 14.2. The van der Waals surface area contributed by atoms with Crippen molar-refractivity contribution in [2.24, 2.45) is 5.92 Å². The van der Waals surface area contributed by atoms with Crippen molar-refractivity contribution in [1.82, 2.24) is 14.7 Å². The van der Waals surface area contributed by atoms with Gasteiger partial charge in [-0.1, -0.05) is 66.5 Å². The molecule has 2 aliphatic rings. The fourth-order valence-corrected chi connectivity index (χ4v) is 7.15. The second-order valence-electron chi connectivity index (χ2n) is 12.5. The lowest BCUT2D eigenvalue weighted by molar-refractivity contribution is -0.152. The summed E-state index contributed by atoms with van der Waals surface area (Å²) in [5.74, 6) is -0.583. The number of ketones is 1. The number of hydrogen-bond donors (Lipinski definition) is 0. The zero-order valence-corrected chi connectivity index (χ0v) is 28.8. The summed E-state index contributed by atoms with van der Waals surface area (Å²) in [6, 6.07) is 14.8. The molecule has 0 saturated carbocycles. The van der Waals surface area contributed by atoms with Gasteiger partial charge in [-0.3, -0.25) is 24.1 Å². The van der Waals surface area contributed by atoms with Crippen LogP contribution in [0.1, 0.15) is 70.4 Å². The first-order chi connectivity index (χ1) is 22.1. The van der Waals surface area contributed by atoms with E-state index in [4.69, 9.17) is 27.9 Å². The quantitative estimate of drug-likeness (QED) is 0.216. The van der Waals surface area contributed by atoms with Crippen molar-refractivity contribution in [1.29, 1.82) is 0 Å². The smallest absolute Gasteiger partial charge is 0.306 e. The second-order valence-corrected chi connectivity index (χ2v) is 13.4. The number of aryl methyl sites for hydroxylation is 2. The molecule has 0 aliphatic carbocycles. The van der Waals surface area contributed by atoms with E-state index in [1.807, 2.05) is 38.1 Å². The topological polar surface area (TPSA) is 87.2 Å². The minimum Gasteiger partial charge on any atom is -0.456 e. The molecule has 0 bridgehead atoms. The number of likely N-dealkylation sites (N-methyl/N-ethyl adjacent to an activating group) is 1. The second kappa shape index (κ2) is 17.3. The average molecular weight is 673 g/mol. The van der Waals surface area contributed by atoms with Gasteiger partial charge in [0.2, 0.25) is 5.91 Å². The molecule has 2 aromatic carbocycles. The van der Waals surface area contributed by atoms with E-state index in [2.05, 4.69) is 24.0 Å². The molecular weight excluding hydrogens is 625 g/mol. The van der Waals surface area contributed by atoms with Gasteiger partial charge < -0.3 is 14.5 Å². The van der Waals surface area contributed by atoms with Gasteiger partial charge in [0.1, 0.15) is 0 Å². The minimum absolute atomic E-state index is 0.0375. The van der Waals surface area contributed by atoms with Gasteiger partial charge in [-0.2, -0.15) is 0 Å². The third kappa shape index (κ3) is 9.55. The summed E-state index contributed by atoms with van der Waals surface area (Å²) in [5, 5.41) is 0.866. The first-order valence-electron chi connectivity index (χ1n) is 16.6. The Morgan fingerprint density at radius 1 is 0.978 bits per heavy atom. The van der Waals surface area contributed by atoms with Crippen LogP contribution in [0.15, 0.2) is 48.5 Å². The molecule has 0 spiro atoms. The highest BCUT2D eigenvalue weighted by Gasteiger charge is 2.45. The normalized spacial score (nSPS) is 20.6. The van der Waals surface area contributed by atoms with Crippen LogP contribution in [0.5, 0.6) is 0 Å². The Hall–Kier alpha value is -2.94. The van der Waals surface area contributed by atoms with E-state index in [-0.39, 0.29) is 55.6 Å². The van der Waals surface area contributed by atoms with Crippen LogP contribution in [-0.4, -0.2) is 89.2 Å². The van der Waals surface area contributed by atoms with Gasteiger partial charge >= 0.3 is 5.97 Å². The number of amides is 2. The Kier molecular flexibility index (Phi) is 13.5. The molecule has 0 aromatic heterocycles. The highest BCUT2D eigenvalue weighted by atomic mass is 35.5. The summed E-state index contributed by atoms with van der Waals surface area (Å²) >= 11 is 12.3. The number of fused-ring (bicyclic) bond motifs is 1. The predicted octanol–water partition coefficient (Wildman–Crippen LogP) is 6.00. The Morgan fingerprint density at radius 2 is 1.72 bits per heavy atom. The number of carbonyl (C=O) groups is 4. The molecular formula is C36H47Cl2N3O5. The largest absolute Gasteiger partial charge is 0.456 e. The van der Waals surface area contributed by atoms with Gasteiger partial charge in [-0.05, 0) is 81.5 Å². The number of nitrogens with zero attached hydrogens (tertiary/aromatic N) is 3. The van der Waals surface area contributed by atoms with Gasteiger partial charge in [-0.25, -0.2) is 0 Å². The Labute approximate surface area is 283 Å². The van der Waals surface area contributed by atoms with Crippen LogP contribution < -0.4 is 0 Å². The molecule has 0 radical (unpaired) electrons. The van der Waals surface area contributed by atoms with Gasteiger partial charge in [0, 0.05) is 45.1 Å². The number of Topliss-reactive ketones (excluding diaryl/α,β-unsaturated/α-hetero) is 1. The minimum atomic E-state index is -0.771. The lowest BCUT2D eigenvalue weighted by Gasteiger charge is -2.32. The third-order valence-corrected chi connectivity index (χ3v) is 10.1. The molecule has 4 rings (SSSR count). The van der Waals surface area contributed by atoms with E-state index in [0.29, 0.717) is 42.0 Å². The summed E-state index contributed by atoms with van der Waals surface area (Å²) in [4.78, 5) is 59.1.